The average Bonchev–Trinajstić information content (AvgIpc) is 2.44. The first-order valence-electron chi connectivity index (χ1n) is 6.26. The second-order valence-corrected chi connectivity index (χ2v) is 6.11. The quantitative estimate of drug-likeness (QED) is 0.761. The van der Waals surface area contributed by atoms with Gasteiger partial charge in [-0.15, -0.1) is 0 Å². The summed E-state index contributed by atoms with van der Waals surface area (Å²) in [6, 6.07) is 7.07. The molecule has 0 aliphatic heterocycles. The molecule has 0 aliphatic carbocycles. The van der Waals surface area contributed by atoms with Gasteiger partial charge >= 0.3 is 0 Å². The fourth-order valence-electron chi connectivity index (χ4n) is 1.97. The molecule has 1 unspecified atom stereocenters. The van der Waals surface area contributed by atoms with Gasteiger partial charge in [0, 0.05) is 21.1 Å². The van der Waals surface area contributed by atoms with Gasteiger partial charge in [0.1, 0.15) is 11.6 Å². The van der Waals surface area contributed by atoms with Crippen LogP contribution >= 0.6 is 39.1 Å². The molecule has 1 atom stereocenters. The lowest BCUT2D eigenvalue weighted by atomic mass is 9.99. The molecule has 2 aromatic carbocycles. The molecule has 112 valence electrons. The lowest BCUT2D eigenvalue weighted by molar-refractivity contribution is 0.340. The van der Waals surface area contributed by atoms with Gasteiger partial charge in [0.05, 0.1) is 17.7 Å². The highest BCUT2D eigenvalue weighted by molar-refractivity contribution is 9.10. The molecule has 6 heteroatoms. The highest BCUT2D eigenvalue weighted by Gasteiger charge is 2.19. The Labute approximate surface area is 141 Å². The van der Waals surface area contributed by atoms with Gasteiger partial charge in [0.2, 0.25) is 0 Å². The zero-order chi connectivity index (χ0) is 15.6. The monoisotopic (exact) mass is 391 g/mol. The lowest BCUT2D eigenvalue weighted by Gasteiger charge is -2.17. The van der Waals surface area contributed by atoms with Crippen LogP contribution in [0.2, 0.25) is 10.0 Å². The molecule has 2 N–H and O–H groups in total. The Balaban J connectivity index is 2.46. The third-order valence-corrected chi connectivity index (χ3v) is 4.10. The summed E-state index contributed by atoms with van der Waals surface area (Å²) in [5, 5.41) is 0.775. The smallest absolute Gasteiger partial charge is 0.139 e. The van der Waals surface area contributed by atoms with Crippen molar-refractivity contribution in [3.8, 4) is 5.75 Å². The van der Waals surface area contributed by atoms with E-state index in [9.17, 15) is 4.39 Å². The Kier molecular flexibility index (Phi) is 5.49. The van der Waals surface area contributed by atoms with E-state index < -0.39 is 11.9 Å². The Bertz CT molecular complexity index is 666. The first kappa shape index (κ1) is 16.6. The van der Waals surface area contributed by atoms with Crippen molar-refractivity contribution in [3.05, 3.63) is 61.8 Å². The van der Waals surface area contributed by atoms with E-state index in [0.717, 1.165) is 4.47 Å². The maximum atomic E-state index is 13.9. The van der Waals surface area contributed by atoms with Crippen LogP contribution in [-0.4, -0.2) is 6.61 Å². The highest BCUT2D eigenvalue weighted by atomic mass is 79.9. The van der Waals surface area contributed by atoms with Crippen LogP contribution in [0.15, 0.2) is 34.8 Å². The third-order valence-electron chi connectivity index (χ3n) is 2.98. The summed E-state index contributed by atoms with van der Waals surface area (Å²) in [7, 11) is 0. The molecule has 0 saturated heterocycles. The Morgan fingerprint density at radius 3 is 2.57 bits per heavy atom. The molecule has 2 aromatic rings. The van der Waals surface area contributed by atoms with Gasteiger partial charge in [0.15, 0.2) is 0 Å². The number of ether oxygens (including phenoxy) is 1. The normalized spacial score (nSPS) is 12.3. The molecule has 2 rings (SSSR count). The standard InChI is InChI=1S/C15H13BrCl2FNO/c1-2-21-14-7-11(17)9(6-12(14)18)15(20)10-5-8(16)3-4-13(10)19/h3-7,15H,2,20H2,1H3. The highest BCUT2D eigenvalue weighted by Crippen LogP contribution is 2.36. The summed E-state index contributed by atoms with van der Waals surface area (Å²) in [5.74, 6) is 0.0848. The van der Waals surface area contributed by atoms with Crippen LogP contribution in [0.3, 0.4) is 0 Å². The fraction of sp³-hybridized carbons (Fsp3) is 0.200. The molecular formula is C15H13BrCl2FNO. The van der Waals surface area contributed by atoms with Gasteiger partial charge in [-0.1, -0.05) is 39.1 Å². The van der Waals surface area contributed by atoms with E-state index >= 15 is 0 Å². The van der Waals surface area contributed by atoms with Gasteiger partial charge in [-0.2, -0.15) is 0 Å². The molecule has 0 bridgehead atoms. The van der Waals surface area contributed by atoms with Crippen LogP contribution in [0.1, 0.15) is 24.1 Å². The van der Waals surface area contributed by atoms with Gasteiger partial charge in [-0.3, -0.25) is 0 Å². The van der Waals surface area contributed by atoms with Crippen molar-refractivity contribution in [1.29, 1.82) is 0 Å². The molecule has 0 fully saturated rings. The minimum Gasteiger partial charge on any atom is -0.492 e. The minimum absolute atomic E-state index is 0.339. The summed E-state index contributed by atoms with van der Waals surface area (Å²) in [5.41, 5.74) is 7.02. The second kappa shape index (κ2) is 6.97. The molecule has 0 heterocycles. The minimum atomic E-state index is -0.719. The molecule has 0 amide bonds. The van der Waals surface area contributed by atoms with Gasteiger partial charge in [-0.05, 0) is 36.8 Å². The largest absolute Gasteiger partial charge is 0.492 e. The van der Waals surface area contributed by atoms with Crippen molar-refractivity contribution >= 4 is 39.1 Å². The summed E-state index contributed by atoms with van der Waals surface area (Å²) in [6.45, 7) is 2.32. The van der Waals surface area contributed by atoms with Crippen molar-refractivity contribution in [1.82, 2.24) is 0 Å². The Hall–Kier alpha value is -0.810. The van der Waals surface area contributed by atoms with Gasteiger partial charge < -0.3 is 10.5 Å². The van der Waals surface area contributed by atoms with Crippen LogP contribution in [0.4, 0.5) is 4.39 Å². The van der Waals surface area contributed by atoms with E-state index in [4.69, 9.17) is 33.7 Å². The number of hydrogen-bond donors (Lipinski definition) is 1. The summed E-state index contributed by atoms with van der Waals surface area (Å²) >= 11 is 15.7. The first-order valence-corrected chi connectivity index (χ1v) is 7.81. The molecule has 0 radical (unpaired) electrons. The maximum Gasteiger partial charge on any atom is 0.139 e. The fourth-order valence-corrected chi connectivity index (χ4v) is 2.85. The van der Waals surface area contributed by atoms with Crippen LogP contribution in [0.5, 0.6) is 5.75 Å². The van der Waals surface area contributed by atoms with Crippen molar-refractivity contribution in [2.75, 3.05) is 6.61 Å². The van der Waals surface area contributed by atoms with E-state index in [-0.39, 0.29) is 0 Å². The summed E-state index contributed by atoms with van der Waals surface area (Å²) in [6.07, 6.45) is 0. The molecule has 0 aromatic heterocycles. The zero-order valence-electron chi connectivity index (χ0n) is 11.2. The van der Waals surface area contributed by atoms with Crippen molar-refractivity contribution in [2.45, 2.75) is 13.0 Å². The number of benzene rings is 2. The Morgan fingerprint density at radius 1 is 1.19 bits per heavy atom. The van der Waals surface area contributed by atoms with Gasteiger partial charge in [-0.25, -0.2) is 4.39 Å². The summed E-state index contributed by atoms with van der Waals surface area (Å²) < 4.78 is 20.0. The van der Waals surface area contributed by atoms with E-state index in [0.29, 0.717) is 33.5 Å². The van der Waals surface area contributed by atoms with E-state index in [2.05, 4.69) is 15.9 Å². The van der Waals surface area contributed by atoms with Crippen LogP contribution in [0.25, 0.3) is 0 Å². The lowest BCUT2D eigenvalue weighted by Crippen LogP contribution is -2.14. The second-order valence-electron chi connectivity index (χ2n) is 4.38. The SMILES string of the molecule is CCOc1cc(Cl)c(C(N)c2cc(Br)ccc2F)cc1Cl. The van der Waals surface area contributed by atoms with Crippen molar-refractivity contribution < 1.29 is 9.13 Å². The van der Waals surface area contributed by atoms with Crippen LogP contribution in [0, 0.1) is 5.82 Å². The predicted octanol–water partition coefficient (Wildman–Crippen LogP) is 5.34. The van der Waals surface area contributed by atoms with Crippen LogP contribution in [-0.2, 0) is 0 Å². The number of halogens is 4. The molecule has 2 nitrogen and oxygen atoms in total. The van der Waals surface area contributed by atoms with Crippen molar-refractivity contribution in [3.63, 3.8) is 0 Å². The van der Waals surface area contributed by atoms with Crippen molar-refractivity contribution in [2.24, 2.45) is 5.73 Å². The molecule has 0 spiro atoms. The number of hydrogen-bond acceptors (Lipinski definition) is 2. The molecular weight excluding hydrogens is 380 g/mol. The predicted molar refractivity (Wildman–Crippen MR) is 87.8 cm³/mol. The van der Waals surface area contributed by atoms with E-state index in [1.807, 2.05) is 6.92 Å². The molecule has 21 heavy (non-hydrogen) atoms. The topological polar surface area (TPSA) is 35.2 Å². The zero-order valence-corrected chi connectivity index (χ0v) is 14.3. The molecule has 0 aliphatic rings. The number of rotatable bonds is 4. The van der Waals surface area contributed by atoms with E-state index in [1.165, 1.54) is 6.07 Å². The average molecular weight is 393 g/mol. The maximum absolute atomic E-state index is 13.9. The molecule has 0 saturated carbocycles. The number of nitrogens with two attached hydrogens (primary N) is 1. The van der Waals surface area contributed by atoms with Gasteiger partial charge in [0.25, 0.3) is 0 Å². The summed E-state index contributed by atoms with van der Waals surface area (Å²) in [4.78, 5) is 0. The van der Waals surface area contributed by atoms with Crippen LogP contribution < -0.4 is 10.5 Å². The third kappa shape index (κ3) is 3.69. The van der Waals surface area contributed by atoms with E-state index in [1.54, 1.807) is 24.3 Å². The first-order chi connectivity index (χ1) is 9.93. The Morgan fingerprint density at radius 2 is 1.90 bits per heavy atom.